The second-order valence-corrected chi connectivity index (χ2v) is 12.7. The van der Waals surface area contributed by atoms with Crippen molar-refractivity contribution in [2.45, 2.75) is 142 Å². The quantitative estimate of drug-likeness (QED) is 0.0568. The molecule has 3 atom stereocenters. The average molecular weight is 666 g/mol. The maximum Gasteiger partial charge on any atom is 0.333 e. The number of amides is 1. The largest absolute Gasteiger partial charge is 0.550 e. The molecular weight excluding hydrogens is 602 g/mol. The van der Waals surface area contributed by atoms with Crippen molar-refractivity contribution in [3.8, 4) is 0 Å². The lowest BCUT2D eigenvalue weighted by Gasteiger charge is -2.23. The molecule has 47 heavy (non-hydrogen) atoms. The van der Waals surface area contributed by atoms with E-state index >= 15 is 0 Å². The summed E-state index contributed by atoms with van der Waals surface area (Å²) in [5.41, 5.74) is 4.80. The Labute approximate surface area is 282 Å². The summed E-state index contributed by atoms with van der Waals surface area (Å²) in [4.78, 5) is 60.9. The van der Waals surface area contributed by atoms with Gasteiger partial charge in [-0.25, -0.2) is 9.59 Å². The number of carboxylic acids is 1. The van der Waals surface area contributed by atoms with Gasteiger partial charge >= 0.3 is 11.9 Å². The molecule has 1 amide bonds. The Morgan fingerprint density at radius 2 is 1.13 bits per heavy atom. The number of hydrogen-bond acceptors (Lipinski definition) is 9. The molecule has 270 valence electrons. The molecule has 0 aliphatic heterocycles. The Kier molecular flexibility index (Phi) is 26.2. The average Bonchev–Trinajstić information content (AvgIpc) is 3.02. The van der Waals surface area contributed by atoms with Gasteiger partial charge in [0.15, 0.2) is 11.8 Å². The second kappa shape index (κ2) is 28.0. The topological polar surface area (TPSA) is 179 Å². The predicted octanol–water partition coefficient (Wildman–Crippen LogP) is 3.50. The molecule has 0 radical (unpaired) electrons. The molecule has 11 nitrogen and oxygen atoms in total. The van der Waals surface area contributed by atoms with Crippen LogP contribution in [0.2, 0.25) is 0 Å². The lowest BCUT2D eigenvalue weighted by atomic mass is 9.91. The molecule has 0 aliphatic rings. The summed E-state index contributed by atoms with van der Waals surface area (Å²) in [6.07, 6.45) is 13.4. The van der Waals surface area contributed by atoms with E-state index in [1.54, 1.807) is 13.8 Å². The van der Waals surface area contributed by atoms with E-state index in [2.05, 4.69) is 29.5 Å². The van der Waals surface area contributed by atoms with Gasteiger partial charge in [0.2, 0.25) is 0 Å². The number of carbonyl (C=O) groups excluding carboxylic acids is 5. The summed E-state index contributed by atoms with van der Waals surface area (Å²) in [6, 6.07) is -1.25. The monoisotopic (exact) mass is 665 g/mol. The molecule has 2 unspecified atom stereocenters. The lowest BCUT2D eigenvalue weighted by Crippen LogP contribution is -2.68. The number of rotatable bonds is 31. The van der Waals surface area contributed by atoms with E-state index in [4.69, 9.17) is 9.47 Å². The summed E-state index contributed by atoms with van der Waals surface area (Å²) in [6.45, 7) is 11.9. The fourth-order valence-corrected chi connectivity index (χ4v) is 5.05. The first-order chi connectivity index (χ1) is 22.4. The summed E-state index contributed by atoms with van der Waals surface area (Å²) in [7, 11) is 1.85. The summed E-state index contributed by atoms with van der Waals surface area (Å²) < 4.78 is 10.2. The zero-order valence-corrected chi connectivity index (χ0v) is 29.5. The molecule has 0 aliphatic carbocycles. The molecule has 5 N–H and O–H groups in total. The fraction of sp³-hybridized carbons (Fsp3) is 0.750. The first-order valence-corrected chi connectivity index (χ1v) is 17.6. The zero-order valence-electron chi connectivity index (χ0n) is 29.5. The van der Waals surface area contributed by atoms with Gasteiger partial charge in [-0.1, -0.05) is 70.9 Å². The van der Waals surface area contributed by atoms with Crippen LogP contribution in [0.1, 0.15) is 129 Å². The van der Waals surface area contributed by atoms with E-state index in [-0.39, 0.29) is 30.0 Å². The highest BCUT2D eigenvalue weighted by Gasteiger charge is 2.27. The van der Waals surface area contributed by atoms with Gasteiger partial charge < -0.3 is 35.7 Å². The Balaban J connectivity index is 4.58. The van der Waals surface area contributed by atoms with E-state index in [1.807, 2.05) is 7.05 Å². The van der Waals surface area contributed by atoms with E-state index < -0.39 is 24.0 Å². The summed E-state index contributed by atoms with van der Waals surface area (Å²) in [5.74, 6) is -3.43. The van der Waals surface area contributed by atoms with Crippen LogP contribution in [0.25, 0.3) is 0 Å². The third kappa shape index (κ3) is 23.9. The first-order valence-electron chi connectivity index (χ1n) is 17.6. The molecular formula is C36H63N3O8. The minimum atomic E-state index is -1.24. The van der Waals surface area contributed by atoms with Crippen molar-refractivity contribution in [2.75, 3.05) is 26.8 Å². The maximum absolute atomic E-state index is 13.3. The van der Waals surface area contributed by atoms with Gasteiger partial charge in [0.1, 0.15) is 0 Å². The minimum Gasteiger partial charge on any atom is -0.550 e. The number of hydrogen-bond donors (Lipinski definition) is 3. The number of aliphatic carboxylic acids is 1. The van der Waals surface area contributed by atoms with Crippen molar-refractivity contribution in [1.29, 1.82) is 0 Å². The Hall–Kier alpha value is -3.05. The third-order valence-electron chi connectivity index (χ3n) is 8.08. The standard InChI is InChI=1S/C36H63N3O8/c1-27(2)35(44)46-24-18-12-8-6-10-14-20-29(34(42)43)26-32(40)31(22-16-17-23-38-5)39-33(41)30(37)21-15-11-7-9-13-19-25-47-36(45)28(3)4/h29-31,38H,1,3,6-26,37H2,2,4-5H3,(H,39,41)(H,42,43)/t29?,30-,31?/m0/s1. The molecule has 0 fully saturated rings. The maximum atomic E-state index is 13.3. The highest BCUT2D eigenvalue weighted by molar-refractivity contribution is 5.92. The third-order valence-corrected chi connectivity index (χ3v) is 8.08. The predicted molar refractivity (Wildman–Crippen MR) is 181 cm³/mol. The SMILES string of the molecule is C=C(C)C(=O)OCCCCCCCCC(CC(=O)C(CCCCNC)NC(=O)[C@@H]([NH3+])CCCCCCCCOC(=O)C(=C)C)C(=O)[O-]. The number of carbonyl (C=O) groups is 5. The van der Waals surface area contributed by atoms with Gasteiger partial charge in [0.25, 0.3) is 5.91 Å². The number of unbranched alkanes of at least 4 members (excludes halogenated alkanes) is 11. The van der Waals surface area contributed by atoms with E-state index in [0.717, 1.165) is 83.6 Å². The molecule has 0 saturated heterocycles. The number of esters is 2. The molecule has 0 rings (SSSR count). The van der Waals surface area contributed by atoms with Crippen LogP contribution in [-0.4, -0.2) is 68.5 Å². The minimum absolute atomic E-state index is 0.165. The molecule has 0 aromatic heterocycles. The number of carboxylic acid groups (broad SMARTS) is 1. The van der Waals surface area contributed by atoms with Crippen LogP contribution in [0, 0.1) is 5.92 Å². The molecule has 11 heteroatoms. The van der Waals surface area contributed by atoms with Crippen LogP contribution in [0.4, 0.5) is 0 Å². The molecule has 0 saturated carbocycles. The van der Waals surface area contributed by atoms with Crippen LogP contribution in [0.15, 0.2) is 24.3 Å². The van der Waals surface area contributed by atoms with Gasteiger partial charge in [-0.05, 0) is 72.4 Å². The number of ketones is 1. The van der Waals surface area contributed by atoms with E-state index in [0.29, 0.717) is 56.5 Å². The highest BCUT2D eigenvalue weighted by atomic mass is 16.5. The van der Waals surface area contributed by atoms with Crippen LogP contribution in [0.3, 0.4) is 0 Å². The molecule has 0 aromatic rings. The lowest BCUT2D eigenvalue weighted by molar-refractivity contribution is -0.405. The van der Waals surface area contributed by atoms with Crippen molar-refractivity contribution >= 4 is 29.6 Å². The smallest absolute Gasteiger partial charge is 0.333 e. The van der Waals surface area contributed by atoms with Crippen LogP contribution in [0.5, 0.6) is 0 Å². The van der Waals surface area contributed by atoms with Gasteiger partial charge in [0, 0.05) is 35.9 Å². The fourth-order valence-electron chi connectivity index (χ4n) is 5.05. The van der Waals surface area contributed by atoms with E-state index in [1.165, 1.54) is 0 Å². The number of quaternary nitrogens is 1. The number of nitrogens with one attached hydrogen (secondary N) is 2. The molecule has 0 spiro atoms. The molecule has 0 aromatic carbocycles. The normalized spacial score (nSPS) is 12.9. The van der Waals surface area contributed by atoms with Crippen molar-refractivity contribution in [1.82, 2.24) is 10.6 Å². The van der Waals surface area contributed by atoms with Gasteiger partial charge in [-0.3, -0.25) is 9.59 Å². The number of Topliss-reactive ketones (excluding diaryl/α,β-unsaturated/α-hetero) is 1. The van der Waals surface area contributed by atoms with Crippen LogP contribution in [-0.2, 0) is 33.4 Å². The van der Waals surface area contributed by atoms with Crippen molar-refractivity contribution in [3.05, 3.63) is 24.3 Å². The molecule has 0 bridgehead atoms. The summed E-state index contributed by atoms with van der Waals surface area (Å²) >= 11 is 0. The van der Waals surface area contributed by atoms with Crippen molar-refractivity contribution < 1.29 is 44.3 Å². The first kappa shape index (κ1) is 43.9. The van der Waals surface area contributed by atoms with E-state index in [9.17, 15) is 29.1 Å². The Bertz CT molecular complexity index is 968. The highest BCUT2D eigenvalue weighted by Crippen LogP contribution is 2.18. The van der Waals surface area contributed by atoms with Crippen molar-refractivity contribution in [3.63, 3.8) is 0 Å². The second-order valence-electron chi connectivity index (χ2n) is 12.7. The zero-order chi connectivity index (χ0) is 35.5. The van der Waals surface area contributed by atoms with Gasteiger partial charge in [-0.2, -0.15) is 0 Å². The van der Waals surface area contributed by atoms with Crippen LogP contribution >= 0.6 is 0 Å². The van der Waals surface area contributed by atoms with Gasteiger partial charge in [0.05, 0.1) is 19.3 Å². The Morgan fingerprint density at radius 1 is 0.681 bits per heavy atom. The van der Waals surface area contributed by atoms with Gasteiger partial charge in [-0.15, -0.1) is 0 Å². The van der Waals surface area contributed by atoms with Crippen molar-refractivity contribution in [2.24, 2.45) is 5.92 Å². The molecule has 0 heterocycles. The summed E-state index contributed by atoms with van der Waals surface area (Å²) in [5, 5.41) is 17.8. The van der Waals surface area contributed by atoms with Crippen LogP contribution < -0.4 is 21.5 Å². The Morgan fingerprint density at radius 3 is 1.60 bits per heavy atom. The number of ether oxygens (including phenoxy) is 2.